The monoisotopic (exact) mass is 261 g/mol. The summed E-state index contributed by atoms with van der Waals surface area (Å²) in [7, 11) is 0. The SMILES string of the molecule is CCOc1ccc(Oc2ccc(CN)cc2F)cc1. The molecule has 0 amide bonds. The molecule has 0 atom stereocenters. The molecule has 0 spiro atoms. The predicted octanol–water partition coefficient (Wildman–Crippen LogP) is 3.48. The molecule has 2 N–H and O–H groups in total. The van der Waals surface area contributed by atoms with Gasteiger partial charge in [-0.25, -0.2) is 4.39 Å². The van der Waals surface area contributed by atoms with E-state index < -0.39 is 5.82 Å². The first-order valence-electron chi connectivity index (χ1n) is 6.12. The minimum absolute atomic E-state index is 0.182. The van der Waals surface area contributed by atoms with Crippen LogP contribution in [0.25, 0.3) is 0 Å². The molecule has 0 radical (unpaired) electrons. The molecule has 2 aromatic carbocycles. The number of ether oxygens (including phenoxy) is 2. The second-order valence-corrected chi connectivity index (χ2v) is 3.98. The summed E-state index contributed by atoms with van der Waals surface area (Å²) < 4.78 is 24.5. The van der Waals surface area contributed by atoms with Gasteiger partial charge in [0.25, 0.3) is 0 Å². The van der Waals surface area contributed by atoms with Gasteiger partial charge in [-0.3, -0.25) is 0 Å². The molecule has 0 aliphatic carbocycles. The van der Waals surface area contributed by atoms with Crippen LogP contribution in [0.5, 0.6) is 17.2 Å². The zero-order valence-corrected chi connectivity index (χ0v) is 10.7. The maximum Gasteiger partial charge on any atom is 0.166 e. The quantitative estimate of drug-likeness (QED) is 0.896. The second-order valence-electron chi connectivity index (χ2n) is 3.98. The van der Waals surface area contributed by atoms with Gasteiger partial charge in [0.2, 0.25) is 0 Å². The van der Waals surface area contributed by atoms with Gasteiger partial charge in [-0.05, 0) is 48.9 Å². The molecule has 0 aliphatic heterocycles. The first-order chi connectivity index (χ1) is 9.22. The Morgan fingerprint density at radius 1 is 1.05 bits per heavy atom. The van der Waals surface area contributed by atoms with Gasteiger partial charge in [0.15, 0.2) is 11.6 Å². The molecule has 0 aliphatic rings. The highest BCUT2D eigenvalue weighted by atomic mass is 19.1. The van der Waals surface area contributed by atoms with Crippen molar-refractivity contribution in [2.75, 3.05) is 6.61 Å². The Balaban J connectivity index is 2.12. The lowest BCUT2D eigenvalue weighted by atomic mass is 10.2. The molecule has 0 saturated carbocycles. The Bertz CT molecular complexity index is 540. The summed E-state index contributed by atoms with van der Waals surface area (Å²) in [5.74, 6) is 1.08. The molecule has 100 valence electrons. The molecule has 4 heteroatoms. The Hall–Kier alpha value is -2.07. The fourth-order valence-corrected chi connectivity index (χ4v) is 1.65. The summed E-state index contributed by atoms with van der Waals surface area (Å²) >= 11 is 0. The van der Waals surface area contributed by atoms with Crippen molar-refractivity contribution in [3.63, 3.8) is 0 Å². The van der Waals surface area contributed by atoms with Gasteiger partial charge in [-0.2, -0.15) is 0 Å². The molecular weight excluding hydrogens is 245 g/mol. The zero-order chi connectivity index (χ0) is 13.7. The van der Waals surface area contributed by atoms with Crippen molar-refractivity contribution in [2.45, 2.75) is 13.5 Å². The maximum absolute atomic E-state index is 13.7. The van der Waals surface area contributed by atoms with Gasteiger partial charge in [-0.15, -0.1) is 0 Å². The number of benzene rings is 2. The first kappa shape index (κ1) is 13.4. The van der Waals surface area contributed by atoms with Crippen LogP contribution in [0.4, 0.5) is 4.39 Å². The highest BCUT2D eigenvalue weighted by Crippen LogP contribution is 2.26. The molecule has 2 rings (SSSR count). The average Bonchev–Trinajstić information content (AvgIpc) is 2.43. The summed E-state index contributed by atoms with van der Waals surface area (Å²) in [5, 5.41) is 0. The molecule has 3 nitrogen and oxygen atoms in total. The van der Waals surface area contributed by atoms with Gasteiger partial charge in [-0.1, -0.05) is 6.07 Å². The summed E-state index contributed by atoms with van der Waals surface area (Å²) in [6.07, 6.45) is 0. The summed E-state index contributed by atoms with van der Waals surface area (Å²) in [5.41, 5.74) is 6.18. The summed E-state index contributed by atoms with van der Waals surface area (Å²) in [6, 6.07) is 11.7. The molecule has 0 fully saturated rings. The molecular formula is C15H16FNO2. The fraction of sp³-hybridized carbons (Fsp3) is 0.200. The van der Waals surface area contributed by atoms with E-state index in [0.29, 0.717) is 18.9 Å². The third-order valence-electron chi connectivity index (χ3n) is 2.59. The largest absolute Gasteiger partial charge is 0.494 e. The van der Waals surface area contributed by atoms with Gasteiger partial charge in [0, 0.05) is 6.54 Å². The van der Waals surface area contributed by atoms with E-state index in [9.17, 15) is 4.39 Å². The van der Waals surface area contributed by atoms with Gasteiger partial charge < -0.3 is 15.2 Å². The number of hydrogen-bond acceptors (Lipinski definition) is 3. The lowest BCUT2D eigenvalue weighted by molar-refractivity contribution is 0.339. The lowest BCUT2D eigenvalue weighted by Gasteiger charge is -2.09. The molecule has 0 heterocycles. The van der Waals surface area contributed by atoms with Crippen molar-refractivity contribution in [1.82, 2.24) is 0 Å². The summed E-state index contributed by atoms with van der Waals surface area (Å²) in [4.78, 5) is 0. The molecule has 0 saturated heterocycles. The van der Waals surface area contributed by atoms with Crippen LogP contribution in [-0.4, -0.2) is 6.61 Å². The Kier molecular flexibility index (Phi) is 4.36. The number of nitrogens with two attached hydrogens (primary N) is 1. The van der Waals surface area contributed by atoms with Crippen LogP contribution >= 0.6 is 0 Å². The van der Waals surface area contributed by atoms with Crippen molar-refractivity contribution < 1.29 is 13.9 Å². The Morgan fingerprint density at radius 3 is 2.32 bits per heavy atom. The van der Waals surface area contributed by atoms with Crippen LogP contribution in [0.15, 0.2) is 42.5 Å². The minimum Gasteiger partial charge on any atom is -0.494 e. The predicted molar refractivity (Wildman–Crippen MR) is 72.0 cm³/mol. The normalized spacial score (nSPS) is 10.3. The zero-order valence-electron chi connectivity index (χ0n) is 10.7. The second kappa shape index (κ2) is 6.20. The van der Waals surface area contributed by atoms with E-state index >= 15 is 0 Å². The van der Waals surface area contributed by atoms with E-state index in [4.69, 9.17) is 15.2 Å². The van der Waals surface area contributed by atoms with E-state index in [1.165, 1.54) is 6.07 Å². The fourth-order valence-electron chi connectivity index (χ4n) is 1.65. The maximum atomic E-state index is 13.7. The van der Waals surface area contributed by atoms with Gasteiger partial charge in [0.1, 0.15) is 11.5 Å². The van der Waals surface area contributed by atoms with Gasteiger partial charge >= 0.3 is 0 Å². The number of rotatable bonds is 5. The molecule has 2 aromatic rings. The Labute approximate surface area is 111 Å². The van der Waals surface area contributed by atoms with Gasteiger partial charge in [0.05, 0.1) is 6.61 Å². The molecule has 0 bridgehead atoms. The van der Waals surface area contributed by atoms with Crippen molar-refractivity contribution in [3.8, 4) is 17.2 Å². The third kappa shape index (κ3) is 3.45. The van der Waals surface area contributed by atoms with E-state index in [0.717, 1.165) is 11.3 Å². The van der Waals surface area contributed by atoms with Crippen LogP contribution in [0.1, 0.15) is 12.5 Å². The number of halogens is 1. The van der Waals surface area contributed by atoms with E-state index in [2.05, 4.69) is 0 Å². The van der Waals surface area contributed by atoms with E-state index in [1.807, 2.05) is 6.92 Å². The van der Waals surface area contributed by atoms with Crippen LogP contribution in [0.2, 0.25) is 0 Å². The smallest absolute Gasteiger partial charge is 0.166 e. The van der Waals surface area contributed by atoms with Crippen LogP contribution in [-0.2, 0) is 6.54 Å². The van der Waals surface area contributed by atoms with E-state index in [-0.39, 0.29) is 5.75 Å². The first-order valence-corrected chi connectivity index (χ1v) is 6.12. The highest BCUT2D eigenvalue weighted by Gasteiger charge is 2.05. The van der Waals surface area contributed by atoms with Crippen molar-refractivity contribution >= 4 is 0 Å². The van der Waals surface area contributed by atoms with Crippen LogP contribution < -0.4 is 15.2 Å². The van der Waals surface area contributed by atoms with Crippen LogP contribution in [0, 0.1) is 5.82 Å². The molecule has 19 heavy (non-hydrogen) atoms. The Morgan fingerprint density at radius 2 is 1.74 bits per heavy atom. The van der Waals surface area contributed by atoms with Crippen LogP contribution in [0.3, 0.4) is 0 Å². The lowest BCUT2D eigenvalue weighted by Crippen LogP contribution is -1.97. The van der Waals surface area contributed by atoms with Crippen molar-refractivity contribution in [1.29, 1.82) is 0 Å². The number of hydrogen-bond donors (Lipinski definition) is 1. The van der Waals surface area contributed by atoms with Crippen molar-refractivity contribution in [2.24, 2.45) is 5.73 Å². The summed E-state index contributed by atoms with van der Waals surface area (Å²) in [6.45, 7) is 2.83. The van der Waals surface area contributed by atoms with Crippen molar-refractivity contribution in [3.05, 3.63) is 53.8 Å². The highest BCUT2D eigenvalue weighted by molar-refractivity contribution is 5.37. The third-order valence-corrected chi connectivity index (χ3v) is 2.59. The topological polar surface area (TPSA) is 44.5 Å². The molecule has 0 aromatic heterocycles. The average molecular weight is 261 g/mol. The standard InChI is InChI=1S/C15H16FNO2/c1-2-18-12-4-6-13(7-5-12)19-15-8-3-11(10-17)9-14(15)16/h3-9H,2,10,17H2,1H3. The molecule has 0 unspecified atom stereocenters. The minimum atomic E-state index is -0.420. The van der Waals surface area contributed by atoms with E-state index in [1.54, 1.807) is 36.4 Å².